The number of anilines is 1. The first-order valence-electron chi connectivity index (χ1n) is 5.56. The quantitative estimate of drug-likeness (QED) is 0.743. The Hall–Kier alpha value is -1.70. The smallest absolute Gasteiger partial charge is 0.287 e. The van der Waals surface area contributed by atoms with Crippen molar-refractivity contribution in [3.63, 3.8) is 0 Å². The number of rotatable bonds is 0. The summed E-state index contributed by atoms with van der Waals surface area (Å²) in [7, 11) is 0. The van der Waals surface area contributed by atoms with Crippen LogP contribution in [0.15, 0.2) is 4.79 Å². The van der Waals surface area contributed by atoms with E-state index < -0.39 is 5.54 Å². The highest BCUT2D eigenvalue weighted by Crippen LogP contribution is 2.24. The molecule has 1 rings (SSSR count). The third kappa shape index (κ3) is 2.07. The molecule has 0 saturated carbocycles. The van der Waals surface area contributed by atoms with Gasteiger partial charge in [-0.25, -0.2) is 4.68 Å². The SMILES string of the molecule is CC(C)(C)n1c(N)c(C#N)c(=O)n1C(C)(C)C. The molecule has 0 spiro atoms. The summed E-state index contributed by atoms with van der Waals surface area (Å²) in [4.78, 5) is 12.2. The van der Waals surface area contributed by atoms with E-state index >= 15 is 0 Å². The van der Waals surface area contributed by atoms with Crippen LogP contribution in [0.5, 0.6) is 0 Å². The molecule has 5 heteroatoms. The van der Waals surface area contributed by atoms with Crippen molar-refractivity contribution in [1.29, 1.82) is 5.26 Å². The van der Waals surface area contributed by atoms with Crippen molar-refractivity contribution in [3.8, 4) is 6.07 Å². The first-order valence-corrected chi connectivity index (χ1v) is 5.56. The van der Waals surface area contributed by atoms with Crippen molar-refractivity contribution in [2.24, 2.45) is 0 Å². The topological polar surface area (TPSA) is 76.7 Å². The van der Waals surface area contributed by atoms with Crippen LogP contribution < -0.4 is 11.3 Å². The van der Waals surface area contributed by atoms with Crippen LogP contribution in [0.2, 0.25) is 0 Å². The Labute approximate surface area is 101 Å². The highest BCUT2D eigenvalue weighted by atomic mass is 16.1. The summed E-state index contributed by atoms with van der Waals surface area (Å²) in [6.07, 6.45) is 0. The van der Waals surface area contributed by atoms with E-state index in [9.17, 15) is 4.79 Å². The minimum absolute atomic E-state index is 0.0230. The zero-order valence-corrected chi connectivity index (χ0v) is 11.3. The minimum Gasteiger partial charge on any atom is -0.383 e. The van der Waals surface area contributed by atoms with Gasteiger partial charge >= 0.3 is 0 Å². The van der Waals surface area contributed by atoms with Gasteiger partial charge in [-0.05, 0) is 41.5 Å². The van der Waals surface area contributed by atoms with Crippen LogP contribution >= 0.6 is 0 Å². The molecule has 1 aromatic heterocycles. The Balaban J connectivity index is 3.84. The standard InChI is InChI=1S/C12H20N4O/c1-11(2,3)15-9(14)8(7-13)10(17)16(15)12(4,5)6/h14H2,1-6H3. The second-order valence-electron chi connectivity index (χ2n) is 6.14. The van der Waals surface area contributed by atoms with E-state index in [1.165, 1.54) is 0 Å². The monoisotopic (exact) mass is 236 g/mol. The molecule has 0 atom stereocenters. The number of nitriles is 1. The zero-order chi connectivity index (χ0) is 13.6. The number of aromatic nitrogens is 2. The number of hydrogen-bond donors (Lipinski definition) is 1. The summed E-state index contributed by atoms with van der Waals surface area (Å²) >= 11 is 0. The Morgan fingerprint density at radius 3 is 1.71 bits per heavy atom. The lowest BCUT2D eigenvalue weighted by atomic mass is 10.1. The van der Waals surface area contributed by atoms with E-state index in [-0.39, 0.29) is 22.5 Å². The van der Waals surface area contributed by atoms with E-state index in [1.807, 2.05) is 47.6 Å². The molecule has 2 N–H and O–H groups in total. The molecule has 0 unspecified atom stereocenters. The predicted octanol–water partition coefficient (Wildman–Crippen LogP) is 1.61. The molecule has 1 aromatic rings. The number of hydrogen-bond acceptors (Lipinski definition) is 3. The second kappa shape index (κ2) is 3.66. The van der Waals surface area contributed by atoms with Crippen LogP contribution in [-0.4, -0.2) is 9.36 Å². The van der Waals surface area contributed by atoms with Gasteiger partial charge in [0.05, 0.1) is 11.1 Å². The van der Waals surface area contributed by atoms with Gasteiger partial charge in [0, 0.05) is 0 Å². The maximum absolute atomic E-state index is 12.2. The van der Waals surface area contributed by atoms with Crippen LogP contribution in [0.25, 0.3) is 0 Å². The Kier molecular flexibility index (Phi) is 2.88. The Morgan fingerprint density at radius 1 is 1.06 bits per heavy atom. The Morgan fingerprint density at radius 2 is 1.47 bits per heavy atom. The average molecular weight is 236 g/mol. The molecular formula is C12H20N4O. The molecule has 0 fully saturated rings. The molecule has 0 aliphatic heterocycles. The van der Waals surface area contributed by atoms with E-state index in [4.69, 9.17) is 11.0 Å². The van der Waals surface area contributed by atoms with Crippen LogP contribution in [-0.2, 0) is 11.1 Å². The predicted molar refractivity (Wildman–Crippen MR) is 67.8 cm³/mol. The number of nitrogen functional groups attached to an aromatic ring is 1. The van der Waals surface area contributed by atoms with Crippen molar-refractivity contribution >= 4 is 5.82 Å². The molecular weight excluding hydrogens is 216 g/mol. The highest BCUT2D eigenvalue weighted by Gasteiger charge is 2.30. The van der Waals surface area contributed by atoms with Crippen LogP contribution in [0.3, 0.4) is 0 Å². The summed E-state index contributed by atoms with van der Waals surface area (Å²) in [6.45, 7) is 11.6. The fraction of sp³-hybridized carbons (Fsp3) is 0.667. The summed E-state index contributed by atoms with van der Waals surface area (Å²) < 4.78 is 3.26. The zero-order valence-electron chi connectivity index (χ0n) is 11.3. The molecule has 0 bridgehead atoms. The molecule has 0 aromatic carbocycles. The van der Waals surface area contributed by atoms with Crippen molar-refractivity contribution < 1.29 is 0 Å². The molecule has 1 heterocycles. The number of nitrogens with two attached hydrogens (primary N) is 1. The normalized spacial score (nSPS) is 12.5. The van der Waals surface area contributed by atoms with Crippen molar-refractivity contribution in [2.45, 2.75) is 52.6 Å². The van der Waals surface area contributed by atoms with Gasteiger partial charge in [-0.3, -0.25) is 9.48 Å². The van der Waals surface area contributed by atoms with Crippen molar-refractivity contribution in [1.82, 2.24) is 9.36 Å². The lowest BCUT2D eigenvalue weighted by Gasteiger charge is -2.32. The lowest BCUT2D eigenvalue weighted by Crippen LogP contribution is -2.42. The highest BCUT2D eigenvalue weighted by molar-refractivity contribution is 5.48. The molecule has 0 aliphatic carbocycles. The van der Waals surface area contributed by atoms with Gasteiger partial charge in [-0.2, -0.15) is 5.26 Å². The maximum atomic E-state index is 12.2. The van der Waals surface area contributed by atoms with E-state index in [0.29, 0.717) is 0 Å². The maximum Gasteiger partial charge on any atom is 0.287 e. The fourth-order valence-electron chi connectivity index (χ4n) is 1.89. The second-order valence-corrected chi connectivity index (χ2v) is 6.14. The van der Waals surface area contributed by atoms with Gasteiger partial charge in [0.25, 0.3) is 5.56 Å². The third-order valence-electron chi connectivity index (χ3n) is 2.47. The van der Waals surface area contributed by atoms with Gasteiger partial charge < -0.3 is 5.73 Å². The molecule has 17 heavy (non-hydrogen) atoms. The molecule has 94 valence electrons. The fourth-order valence-corrected chi connectivity index (χ4v) is 1.89. The van der Waals surface area contributed by atoms with Gasteiger partial charge in [0.2, 0.25) is 0 Å². The van der Waals surface area contributed by atoms with Gasteiger partial charge in [-0.15, -0.1) is 0 Å². The largest absolute Gasteiger partial charge is 0.383 e. The molecule has 5 nitrogen and oxygen atoms in total. The molecule has 0 radical (unpaired) electrons. The average Bonchev–Trinajstić information content (AvgIpc) is 2.35. The van der Waals surface area contributed by atoms with Crippen molar-refractivity contribution in [3.05, 3.63) is 15.9 Å². The summed E-state index contributed by atoms with van der Waals surface area (Å²) in [5.41, 5.74) is 4.84. The van der Waals surface area contributed by atoms with Gasteiger partial charge in [-0.1, -0.05) is 0 Å². The van der Waals surface area contributed by atoms with Gasteiger partial charge in [0.15, 0.2) is 5.56 Å². The van der Waals surface area contributed by atoms with Gasteiger partial charge in [0.1, 0.15) is 11.9 Å². The van der Waals surface area contributed by atoms with E-state index in [2.05, 4.69) is 0 Å². The third-order valence-corrected chi connectivity index (χ3v) is 2.47. The van der Waals surface area contributed by atoms with Crippen molar-refractivity contribution in [2.75, 3.05) is 5.73 Å². The minimum atomic E-state index is -0.423. The van der Waals surface area contributed by atoms with Crippen LogP contribution in [0, 0.1) is 11.3 Å². The van der Waals surface area contributed by atoms with Crippen LogP contribution in [0.1, 0.15) is 47.1 Å². The summed E-state index contributed by atoms with van der Waals surface area (Å²) in [5, 5.41) is 9.01. The first kappa shape index (κ1) is 13.4. The van der Waals surface area contributed by atoms with E-state index in [1.54, 1.807) is 9.36 Å². The summed E-state index contributed by atoms with van der Waals surface area (Å²) in [5.74, 6) is 0.236. The molecule has 0 amide bonds. The molecule has 0 saturated heterocycles. The summed E-state index contributed by atoms with van der Waals surface area (Å²) in [6, 6.07) is 1.89. The van der Waals surface area contributed by atoms with E-state index in [0.717, 1.165) is 0 Å². The lowest BCUT2D eigenvalue weighted by molar-refractivity contribution is 0.216. The molecule has 0 aliphatic rings. The Bertz CT molecular complexity index is 529. The van der Waals surface area contributed by atoms with Crippen LogP contribution in [0.4, 0.5) is 5.82 Å². The first-order chi connectivity index (χ1) is 7.51. The number of nitrogens with zero attached hydrogens (tertiary/aromatic N) is 3.